The molecule has 0 aliphatic rings. The number of carbonyl (C=O) groups is 1. The summed E-state index contributed by atoms with van der Waals surface area (Å²) >= 11 is 3.22. The van der Waals surface area contributed by atoms with Gasteiger partial charge in [0.1, 0.15) is 5.82 Å². The minimum atomic E-state index is -0.723. The van der Waals surface area contributed by atoms with Crippen LogP contribution in [0.2, 0.25) is 0 Å². The Bertz CT molecular complexity index is 648. The van der Waals surface area contributed by atoms with Crippen LogP contribution in [0.25, 0.3) is 0 Å². The van der Waals surface area contributed by atoms with Crippen LogP contribution in [0.15, 0.2) is 53.0 Å². The number of nitrogens with one attached hydrogen (secondary N) is 1. The molecule has 0 radical (unpaired) electrons. The van der Waals surface area contributed by atoms with Crippen molar-refractivity contribution < 1.29 is 14.3 Å². The molecule has 1 amide bonds. The van der Waals surface area contributed by atoms with Crippen LogP contribution in [0.3, 0.4) is 0 Å². The molecule has 0 aliphatic carbocycles. The molecule has 0 spiro atoms. The lowest BCUT2D eigenvalue weighted by atomic mass is 10.0. The van der Waals surface area contributed by atoms with E-state index >= 15 is 0 Å². The molecular formula is C17H17BrFNO2. The zero-order valence-corrected chi connectivity index (χ0v) is 13.7. The van der Waals surface area contributed by atoms with Gasteiger partial charge in [0, 0.05) is 10.9 Å². The highest BCUT2D eigenvalue weighted by atomic mass is 79.9. The summed E-state index contributed by atoms with van der Waals surface area (Å²) in [5, 5.41) is 12.9. The maximum Gasteiger partial charge on any atom is 0.252 e. The van der Waals surface area contributed by atoms with E-state index in [0.717, 1.165) is 11.6 Å². The van der Waals surface area contributed by atoms with Crippen LogP contribution >= 0.6 is 15.9 Å². The SMILES string of the molecule is C[C@@H](NC(=O)c1cc(F)ccc1Br)[C@@H](O)Cc1ccccc1. The van der Waals surface area contributed by atoms with Crippen LogP contribution in [-0.2, 0) is 6.42 Å². The number of carbonyl (C=O) groups excluding carboxylic acids is 1. The lowest BCUT2D eigenvalue weighted by Gasteiger charge is -2.20. The van der Waals surface area contributed by atoms with Gasteiger partial charge in [0.2, 0.25) is 0 Å². The smallest absolute Gasteiger partial charge is 0.252 e. The molecule has 0 unspecified atom stereocenters. The summed E-state index contributed by atoms with van der Waals surface area (Å²) in [6, 6.07) is 13.0. The number of hydrogen-bond donors (Lipinski definition) is 2. The molecule has 2 aromatic rings. The van der Waals surface area contributed by atoms with Crippen LogP contribution in [0.1, 0.15) is 22.8 Å². The van der Waals surface area contributed by atoms with E-state index in [0.29, 0.717) is 10.9 Å². The predicted octanol–water partition coefficient (Wildman–Crippen LogP) is 3.31. The van der Waals surface area contributed by atoms with E-state index in [-0.39, 0.29) is 5.56 Å². The van der Waals surface area contributed by atoms with Crippen molar-refractivity contribution in [3.8, 4) is 0 Å². The van der Waals surface area contributed by atoms with Crippen molar-refractivity contribution in [2.45, 2.75) is 25.5 Å². The van der Waals surface area contributed by atoms with Crippen molar-refractivity contribution in [1.29, 1.82) is 0 Å². The number of benzene rings is 2. The third-order valence-electron chi connectivity index (χ3n) is 3.40. The number of amides is 1. The molecule has 0 saturated carbocycles. The molecule has 0 aliphatic heterocycles. The molecule has 2 atom stereocenters. The first-order chi connectivity index (χ1) is 10.5. The van der Waals surface area contributed by atoms with E-state index in [2.05, 4.69) is 21.2 Å². The average molecular weight is 366 g/mol. The first-order valence-electron chi connectivity index (χ1n) is 6.95. The van der Waals surface area contributed by atoms with Gasteiger partial charge in [-0.25, -0.2) is 4.39 Å². The zero-order chi connectivity index (χ0) is 16.1. The molecule has 3 nitrogen and oxygen atoms in total. The lowest BCUT2D eigenvalue weighted by Crippen LogP contribution is -2.42. The van der Waals surface area contributed by atoms with Gasteiger partial charge in [0.25, 0.3) is 5.91 Å². The summed E-state index contributed by atoms with van der Waals surface area (Å²) in [7, 11) is 0. The van der Waals surface area contributed by atoms with Crippen LogP contribution in [-0.4, -0.2) is 23.2 Å². The molecule has 2 N–H and O–H groups in total. The topological polar surface area (TPSA) is 49.3 Å². The fourth-order valence-corrected chi connectivity index (χ4v) is 2.51. The zero-order valence-electron chi connectivity index (χ0n) is 12.1. The molecule has 0 bridgehead atoms. The van der Waals surface area contributed by atoms with Gasteiger partial charge >= 0.3 is 0 Å². The molecule has 0 saturated heterocycles. The van der Waals surface area contributed by atoms with Crippen molar-refractivity contribution >= 4 is 21.8 Å². The van der Waals surface area contributed by atoms with Gasteiger partial charge in [0.05, 0.1) is 17.7 Å². The average Bonchev–Trinajstić information content (AvgIpc) is 2.50. The van der Waals surface area contributed by atoms with Crippen molar-refractivity contribution in [3.05, 3.63) is 69.9 Å². The van der Waals surface area contributed by atoms with E-state index in [9.17, 15) is 14.3 Å². The van der Waals surface area contributed by atoms with Crippen molar-refractivity contribution in [2.75, 3.05) is 0 Å². The van der Waals surface area contributed by atoms with Gasteiger partial charge in [-0.1, -0.05) is 30.3 Å². The van der Waals surface area contributed by atoms with E-state index < -0.39 is 23.9 Å². The third-order valence-corrected chi connectivity index (χ3v) is 4.09. The van der Waals surface area contributed by atoms with Crippen molar-refractivity contribution in [1.82, 2.24) is 5.32 Å². The normalized spacial score (nSPS) is 13.5. The summed E-state index contributed by atoms with van der Waals surface area (Å²) in [6.45, 7) is 1.72. The van der Waals surface area contributed by atoms with E-state index in [1.807, 2.05) is 30.3 Å². The van der Waals surface area contributed by atoms with Crippen LogP contribution in [0, 0.1) is 5.82 Å². The van der Waals surface area contributed by atoms with Crippen molar-refractivity contribution in [3.63, 3.8) is 0 Å². The highest BCUT2D eigenvalue weighted by Gasteiger charge is 2.19. The standard InChI is InChI=1S/C17H17BrFNO2/c1-11(16(21)9-12-5-3-2-4-6-12)20-17(22)14-10-13(19)7-8-15(14)18/h2-8,10-11,16,21H,9H2,1H3,(H,20,22)/t11-,16+/m1/s1. The number of hydrogen-bond acceptors (Lipinski definition) is 2. The first-order valence-corrected chi connectivity index (χ1v) is 7.74. The fourth-order valence-electron chi connectivity index (χ4n) is 2.08. The highest BCUT2D eigenvalue weighted by molar-refractivity contribution is 9.10. The van der Waals surface area contributed by atoms with Gasteiger partial charge < -0.3 is 10.4 Å². The summed E-state index contributed by atoms with van der Waals surface area (Å²) in [6.07, 6.45) is -0.286. The van der Waals surface area contributed by atoms with Crippen LogP contribution < -0.4 is 5.32 Å². The Hall–Kier alpha value is -1.72. The third kappa shape index (κ3) is 4.39. The Balaban J connectivity index is 2.00. The second-order valence-electron chi connectivity index (χ2n) is 5.14. The summed E-state index contributed by atoms with van der Waals surface area (Å²) in [4.78, 5) is 12.2. The Labute approximate surface area is 137 Å². The second kappa shape index (κ2) is 7.51. The second-order valence-corrected chi connectivity index (χ2v) is 6.00. The van der Waals surface area contributed by atoms with Crippen molar-refractivity contribution in [2.24, 2.45) is 0 Å². The molecule has 5 heteroatoms. The predicted molar refractivity (Wildman–Crippen MR) is 87.2 cm³/mol. The minimum absolute atomic E-state index is 0.207. The van der Waals surface area contributed by atoms with Gasteiger partial charge in [-0.05, 0) is 46.6 Å². The molecule has 0 heterocycles. The fraction of sp³-hybridized carbons (Fsp3) is 0.235. The summed E-state index contributed by atoms with van der Waals surface area (Å²) in [5.74, 6) is -0.906. The largest absolute Gasteiger partial charge is 0.391 e. The van der Waals surface area contributed by atoms with Gasteiger partial charge in [-0.2, -0.15) is 0 Å². The number of halogens is 2. The number of rotatable bonds is 5. The molecule has 2 aromatic carbocycles. The van der Waals surface area contributed by atoms with Crippen LogP contribution in [0.5, 0.6) is 0 Å². The molecule has 0 aromatic heterocycles. The number of aliphatic hydroxyl groups is 1. The molecular weight excluding hydrogens is 349 g/mol. The summed E-state index contributed by atoms with van der Waals surface area (Å²) < 4.78 is 13.8. The first kappa shape index (κ1) is 16.6. The minimum Gasteiger partial charge on any atom is -0.391 e. The lowest BCUT2D eigenvalue weighted by molar-refractivity contribution is 0.0850. The summed E-state index contributed by atoms with van der Waals surface area (Å²) in [5.41, 5.74) is 1.20. The number of aliphatic hydroxyl groups excluding tert-OH is 1. The maximum atomic E-state index is 13.2. The van der Waals surface area contributed by atoms with Gasteiger partial charge in [-0.3, -0.25) is 4.79 Å². The van der Waals surface area contributed by atoms with E-state index in [1.54, 1.807) is 6.92 Å². The van der Waals surface area contributed by atoms with E-state index in [4.69, 9.17) is 0 Å². The Morgan fingerprint density at radius 3 is 2.64 bits per heavy atom. The van der Waals surface area contributed by atoms with E-state index in [1.165, 1.54) is 12.1 Å². The molecule has 2 rings (SSSR count). The Kier molecular flexibility index (Phi) is 5.69. The molecule has 22 heavy (non-hydrogen) atoms. The molecule has 116 valence electrons. The van der Waals surface area contributed by atoms with Gasteiger partial charge in [-0.15, -0.1) is 0 Å². The highest BCUT2D eigenvalue weighted by Crippen LogP contribution is 2.18. The Morgan fingerprint density at radius 1 is 1.27 bits per heavy atom. The Morgan fingerprint density at radius 2 is 1.95 bits per heavy atom. The van der Waals surface area contributed by atoms with Crippen LogP contribution in [0.4, 0.5) is 4.39 Å². The monoisotopic (exact) mass is 365 g/mol. The van der Waals surface area contributed by atoms with Gasteiger partial charge in [0.15, 0.2) is 0 Å². The molecule has 0 fully saturated rings. The maximum absolute atomic E-state index is 13.2. The quantitative estimate of drug-likeness (QED) is 0.853.